The van der Waals surface area contributed by atoms with Crippen LogP contribution in [0, 0.1) is 0 Å². The lowest BCUT2D eigenvalue weighted by Gasteiger charge is -2.04. The topological polar surface area (TPSA) is 38.0 Å². The third-order valence-corrected chi connectivity index (χ3v) is 1.89. The number of nitrogens with one attached hydrogen (secondary N) is 1. The molecular weight excluding hydrogens is 168 g/mol. The molecule has 0 atom stereocenters. The van der Waals surface area contributed by atoms with Gasteiger partial charge in [-0.1, -0.05) is 0 Å². The quantitative estimate of drug-likeness (QED) is 0.378. The minimum Gasteiger partial charge on any atom is -0.399 e. The largest absolute Gasteiger partial charge is 0.399 e. The molecule has 0 aromatic heterocycles. The summed E-state index contributed by atoms with van der Waals surface area (Å²) in [5.41, 5.74) is 7.46. The summed E-state index contributed by atoms with van der Waals surface area (Å²) >= 11 is 4.12. The van der Waals surface area contributed by atoms with Gasteiger partial charge in [0.05, 0.1) is 0 Å². The van der Waals surface area contributed by atoms with E-state index in [1.165, 1.54) is 0 Å². The second-order valence-corrected chi connectivity index (χ2v) is 3.07. The van der Waals surface area contributed by atoms with Gasteiger partial charge in [-0.05, 0) is 36.4 Å². The van der Waals surface area contributed by atoms with Crippen LogP contribution in [0.1, 0.15) is 6.42 Å². The van der Waals surface area contributed by atoms with Gasteiger partial charge in [0.15, 0.2) is 0 Å². The van der Waals surface area contributed by atoms with E-state index < -0.39 is 0 Å². The van der Waals surface area contributed by atoms with Crippen LogP contribution in [0.25, 0.3) is 0 Å². The summed E-state index contributed by atoms with van der Waals surface area (Å²) in [6, 6.07) is 7.74. The van der Waals surface area contributed by atoms with Crippen LogP contribution in [0.15, 0.2) is 24.3 Å². The summed E-state index contributed by atoms with van der Waals surface area (Å²) in [5.74, 6) is 0.919. The molecule has 0 bridgehead atoms. The van der Waals surface area contributed by atoms with Gasteiger partial charge in [-0.15, -0.1) is 0 Å². The van der Waals surface area contributed by atoms with Gasteiger partial charge >= 0.3 is 0 Å². The zero-order valence-corrected chi connectivity index (χ0v) is 7.85. The van der Waals surface area contributed by atoms with E-state index in [9.17, 15) is 0 Å². The van der Waals surface area contributed by atoms with Gasteiger partial charge in [0.2, 0.25) is 0 Å². The first kappa shape index (κ1) is 9.26. The van der Waals surface area contributed by atoms with E-state index in [0.717, 1.165) is 30.1 Å². The molecule has 0 saturated heterocycles. The van der Waals surface area contributed by atoms with Crippen molar-refractivity contribution in [2.75, 3.05) is 23.3 Å². The van der Waals surface area contributed by atoms with Gasteiger partial charge < -0.3 is 11.1 Å². The lowest BCUT2D eigenvalue weighted by molar-refractivity contribution is 0.996. The second-order valence-electron chi connectivity index (χ2n) is 2.63. The number of nitrogens with two attached hydrogens (primary N) is 1. The molecule has 66 valence electrons. The molecule has 3 N–H and O–H groups in total. The molecular formula is C9H14N2S. The van der Waals surface area contributed by atoms with Crippen molar-refractivity contribution < 1.29 is 0 Å². The third-order valence-electron chi connectivity index (χ3n) is 1.57. The molecule has 3 heteroatoms. The van der Waals surface area contributed by atoms with Gasteiger partial charge in [0, 0.05) is 17.9 Å². The summed E-state index contributed by atoms with van der Waals surface area (Å²) < 4.78 is 0. The smallest absolute Gasteiger partial charge is 0.0341 e. The SMILES string of the molecule is Nc1ccc(NCCCS)cc1. The van der Waals surface area contributed by atoms with E-state index in [0.29, 0.717) is 0 Å². The standard InChI is InChI=1S/C9H14N2S/c10-8-2-4-9(5-3-8)11-6-1-7-12/h2-5,11-12H,1,6-7,10H2. The van der Waals surface area contributed by atoms with E-state index in [1.807, 2.05) is 24.3 Å². The molecule has 0 amide bonds. The first-order valence-electron chi connectivity index (χ1n) is 4.03. The fourth-order valence-corrected chi connectivity index (χ4v) is 1.07. The van der Waals surface area contributed by atoms with Crippen LogP contribution in [0.3, 0.4) is 0 Å². The Morgan fingerprint density at radius 3 is 2.50 bits per heavy atom. The van der Waals surface area contributed by atoms with Gasteiger partial charge in [-0.2, -0.15) is 12.6 Å². The maximum Gasteiger partial charge on any atom is 0.0341 e. The van der Waals surface area contributed by atoms with Gasteiger partial charge in [-0.25, -0.2) is 0 Å². The Bertz CT molecular complexity index is 220. The fraction of sp³-hybridized carbons (Fsp3) is 0.333. The Balaban J connectivity index is 2.37. The highest BCUT2D eigenvalue weighted by Gasteiger charge is 1.89. The van der Waals surface area contributed by atoms with Crippen molar-refractivity contribution in [2.45, 2.75) is 6.42 Å². The Kier molecular flexibility index (Phi) is 3.80. The van der Waals surface area contributed by atoms with Crippen molar-refractivity contribution in [1.29, 1.82) is 0 Å². The average molecular weight is 182 g/mol. The maximum atomic E-state index is 5.54. The second kappa shape index (κ2) is 4.93. The molecule has 0 heterocycles. The molecule has 0 aliphatic rings. The Morgan fingerprint density at radius 2 is 1.92 bits per heavy atom. The molecule has 0 spiro atoms. The molecule has 2 nitrogen and oxygen atoms in total. The van der Waals surface area contributed by atoms with Gasteiger partial charge in [0.25, 0.3) is 0 Å². The molecule has 0 radical (unpaired) electrons. The Labute approximate surface area is 78.6 Å². The third kappa shape index (κ3) is 3.05. The summed E-state index contributed by atoms with van der Waals surface area (Å²) in [5, 5.41) is 3.27. The van der Waals surface area contributed by atoms with Crippen LogP contribution in [0.4, 0.5) is 11.4 Å². The zero-order chi connectivity index (χ0) is 8.81. The van der Waals surface area contributed by atoms with Crippen molar-refractivity contribution >= 4 is 24.0 Å². The summed E-state index contributed by atoms with van der Waals surface area (Å²) in [4.78, 5) is 0. The van der Waals surface area contributed by atoms with Crippen molar-refractivity contribution in [2.24, 2.45) is 0 Å². The molecule has 0 aliphatic carbocycles. The number of benzene rings is 1. The highest BCUT2D eigenvalue weighted by atomic mass is 32.1. The first-order chi connectivity index (χ1) is 5.83. The van der Waals surface area contributed by atoms with Gasteiger partial charge in [-0.3, -0.25) is 0 Å². The van der Waals surface area contributed by atoms with E-state index in [2.05, 4.69) is 17.9 Å². The number of nitrogen functional groups attached to an aromatic ring is 1. The normalized spacial score (nSPS) is 9.75. The lowest BCUT2D eigenvalue weighted by atomic mass is 10.3. The van der Waals surface area contributed by atoms with Crippen LogP contribution in [0.2, 0.25) is 0 Å². The van der Waals surface area contributed by atoms with Crippen molar-refractivity contribution in [1.82, 2.24) is 0 Å². The van der Waals surface area contributed by atoms with Crippen LogP contribution in [-0.4, -0.2) is 12.3 Å². The summed E-state index contributed by atoms with van der Waals surface area (Å²) in [6.45, 7) is 0.966. The van der Waals surface area contributed by atoms with Gasteiger partial charge in [0.1, 0.15) is 0 Å². The molecule has 1 rings (SSSR count). The first-order valence-corrected chi connectivity index (χ1v) is 4.66. The van der Waals surface area contributed by atoms with E-state index >= 15 is 0 Å². The predicted octanol–water partition coefficient (Wildman–Crippen LogP) is 2.00. The number of anilines is 2. The minimum atomic E-state index is 0.801. The fourth-order valence-electron chi connectivity index (χ4n) is 0.913. The molecule has 12 heavy (non-hydrogen) atoms. The van der Waals surface area contributed by atoms with E-state index in [1.54, 1.807) is 0 Å². The lowest BCUT2D eigenvalue weighted by Crippen LogP contribution is -2.01. The van der Waals surface area contributed by atoms with Crippen LogP contribution in [0.5, 0.6) is 0 Å². The number of hydrogen-bond donors (Lipinski definition) is 3. The van der Waals surface area contributed by atoms with Crippen LogP contribution < -0.4 is 11.1 Å². The highest BCUT2D eigenvalue weighted by Crippen LogP contribution is 2.09. The molecule has 1 aromatic rings. The van der Waals surface area contributed by atoms with Crippen LogP contribution in [-0.2, 0) is 0 Å². The van der Waals surface area contributed by atoms with Crippen LogP contribution >= 0.6 is 12.6 Å². The molecule has 0 saturated carbocycles. The zero-order valence-electron chi connectivity index (χ0n) is 6.96. The predicted molar refractivity (Wildman–Crippen MR) is 57.8 cm³/mol. The average Bonchev–Trinajstić information content (AvgIpc) is 2.09. The molecule has 0 aliphatic heterocycles. The molecule has 0 fully saturated rings. The number of hydrogen-bond acceptors (Lipinski definition) is 3. The van der Waals surface area contributed by atoms with E-state index in [4.69, 9.17) is 5.73 Å². The van der Waals surface area contributed by atoms with Crippen molar-refractivity contribution in [3.63, 3.8) is 0 Å². The van der Waals surface area contributed by atoms with E-state index in [-0.39, 0.29) is 0 Å². The molecule has 0 unspecified atom stereocenters. The number of thiol groups is 1. The van der Waals surface area contributed by atoms with Crippen molar-refractivity contribution in [3.05, 3.63) is 24.3 Å². The molecule has 1 aromatic carbocycles. The maximum absolute atomic E-state index is 5.54. The van der Waals surface area contributed by atoms with Crippen molar-refractivity contribution in [3.8, 4) is 0 Å². The Morgan fingerprint density at radius 1 is 1.25 bits per heavy atom. The highest BCUT2D eigenvalue weighted by molar-refractivity contribution is 7.80. The Hall–Kier alpha value is -0.830. The minimum absolute atomic E-state index is 0.801. The monoisotopic (exact) mass is 182 g/mol. The summed E-state index contributed by atoms with van der Waals surface area (Å²) in [6.07, 6.45) is 1.08. The summed E-state index contributed by atoms with van der Waals surface area (Å²) in [7, 11) is 0. The number of rotatable bonds is 4.